The Morgan fingerprint density at radius 3 is 2.89 bits per heavy atom. The van der Waals surface area contributed by atoms with Gasteiger partial charge in [-0.15, -0.1) is 0 Å². The van der Waals surface area contributed by atoms with Crippen molar-refractivity contribution >= 4 is 22.8 Å². The molecule has 144 valence electrons. The Labute approximate surface area is 159 Å². The van der Waals surface area contributed by atoms with Crippen molar-refractivity contribution in [3.63, 3.8) is 0 Å². The molecule has 1 amide bonds. The molecular formula is C21H26N2O4. The minimum atomic E-state index is -0.877. The fourth-order valence-electron chi connectivity index (χ4n) is 3.49. The number of methoxy groups -OCH3 is 1. The summed E-state index contributed by atoms with van der Waals surface area (Å²) in [5, 5.41) is 3.47. The number of hydrogen-bond acceptors (Lipinski definition) is 5. The molecule has 6 heteroatoms. The summed E-state index contributed by atoms with van der Waals surface area (Å²) in [4.78, 5) is 29.9. The van der Waals surface area contributed by atoms with Crippen molar-refractivity contribution < 1.29 is 19.1 Å². The lowest BCUT2D eigenvalue weighted by Gasteiger charge is -2.24. The van der Waals surface area contributed by atoms with E-state index in [0.717, 1.165) is 41.4 Å². The van der Waals surface area contributed by atoms with Gasteiger partial charge in [0.15, 0.2) is 6.10 Å². The van der Waals surface area contributed by atoms with Gasteiger partial charge in [-0.25, -0.2) is 4.79 Å². The maximum atomic E-state index is 13.0. The second-order valence-corrected chi connectivity index (χ2v) is 7.11. The molecule has 1 aromatic carbocycles. The molecule has 0 unspecified atom stereocenters. The second kappa shape index (κ2) is 8.48. The predicted octanol–water partition coefficient (Wildman–Crippen LogP) is 2.67. The van der Waals surface area contributed by atoms with Crippen molar-refractivity contribution in [2.24, 2.45) is 5.92 Å². The molecule has 1 aliphatic rings. The number of esters is 1. The number of ether oxygens (including phenoxy) is 2. The SMILES string of the molecule is COCCNC(=O)[C@H](C)OC(=O)c1c2c(nc3ccccc13)CC[C@H](C)C2. The summed E-state index contributed by atoms with van der Waals surface area (Å²) in [7, 11) is 1.56. The number of hydrogen-bond donors (Lipinski definition) is 1. The van der Waals surface area contributed by atoms with Crippen molar-refractivity contribution in [1.29, 1.82) is 0 Å². The van der Waals surface area contributed by atoms with E-state index in [-0.39, 0.29) is 5.91 Å². The second-order valence-electron chi connectivity index (χ2n) is 7.11. The lowest BCUT2D eigenvalue weighted by molar-refractivity contribution is -0.129. The van der Waals surface area contributed by atoms with E-state index < -0.39 is 12.1 Å². The average molecular weight is 370 g/mol. The van der Waals surface area contributed by atoms with Crippen LogP contribution in [-0.4, -0.2) is 43.2 Å². The number of nitrogens with one attached hydrogen (secondary N) is 1. The van der Waals surface area contributed by atoms with Crippen LogP contribution in [-0.2, 0) is 27.1 Å². The summed E-state index contributed by atoms with van der Waals surface area (Å²) in [5.74, 6) is -0.309. The number of aryl methyl sites for hydroxylation is 1. The summed E-state index contributed by atoms with van der Waals surface area (Å²) in [6.07, 6.45) is 1.84. The lowest BCUT2D eigenvalue weighted by Crippen LogP contribution is -2.37. The van der Waals surface area contributed by atoms with Gasteiger partial charge in [-0.2, -0.15) is 0 Å². The van der Waals surface area contributed by atoms with Gasteiger partial charge >= 0.3 is 5.97 Å². The molecular weight excluding hydrogens is 344 g/mol. The van der Waals surface area contributed by atoms with Gasteiger partial charge in [0.25, 0.3) is 5.91 Å². The first-order valence-corrected chi connectivity index (χ1v) is 9.39. The third-order valence-electron chi connectivity index (χ3n) is 4.97. The van der Waals surface area contributed by atoms with Crippen LogP contribution in [0.4, 0.5) is 0 Å². The van der Waals surface area contributed by atoms with E-state index in [1.54, 1.807) is 14.0 Å². The van der Waals surface area contributed by atoms with Crippen molar-refractivity contribution in [3.8, 4) is 0 Å². The van der Waals surface area contributed by atoms with Gasteiger partial charge in [0, 0.05) is 24.7 Å². The number of aromatic nitrogens is 1. The molecule has 0 aliphatic heterocycles. The third kappa shape index (κ3) is 4.27. The van der Waals surface area contributed by atoms with Crippen molar-refractivity contribution in [2.45, 2.75) is 39.2 Å². The third-order valence-corrected chi connectivity index (χ3v) is 4.97. The molecule has 1 aliphatic carbocycles. The van der Waals surface area contributed by atoms with Crippen LogP contribution in [0.3, 0.4) is 0 Å². The Balaban J connectivity index is 1.89. The highest BCUT2D eigenvalue weighted by molar-refractivity contribution is 6.05. The molecule has 0 spiro atoms. The molecule has 6 nitrogen and oxygen atoms in total. The van der Waals surface area contributed by atoms with Crippen LogP contribution in [0, 0.1) is 5.92 Å². The molecule has 2 atom stereocenters. The molecule has 1 aromatic heterocycles. The first-order valence-electron chi connectivity index (χ1n) is 9.39. The Morgan fingerprint density at radius 1 is 1.33 bits per heavy atom. The number of pyridine rings is 1. The summed E-state index contributed by atoms with van der Waals surface area (Å²) in [6, 6.07) is 7.60. The number of nitrogens with zero attached hydrogens (tertiary/aromatic N) is 1. The standard InChI is InChI=1S/C21H26N2O4/c1-13-8-9-18-16(12-13)19(15-6-4-5-7-17(15)23-18)21(25)27-14(2)20(24)22-10-11-26-3/h4-7,13-14H,8-12H2,1-3H3,(H,22,24)/t13-,14-/m0/s1. The van der Waals surface area contributed by atoms with Crippen LogP contribution in [0.25, 0.3) is 10.9 Å². The van der Waals surface area contributed by atoms with Crippen molar-refractivity contribution in [3.05, 3.63) is 41.1 Å². The number of fused-ring (bicyclic) bond motifs is 2. The van der Waals surface area contributed by atoms with E-state index in [1.165, 1.54) is 0 Å². The zero-order valence-corrected chi connectivity index (χ0v) is 16.1. The average Bonchev–Trinajstić information content (AvgIpc) is 2.66. The lowest BCUT2D eigenvalue weighted by atomic mass is 9.84. The zero-order valence-electron chi connectivity index (χ0n) is 16.1. The number of carbonyl (C=O) groups is 2. The van der Waals surface area contributed by atoms with Crippen molar-refractivity contribution in [1.82, 2.24) is 10.3 Å². The van der Waals surface area contributed by atoms with Gasteiger partial charge in [-0.05, 0) is 43.7 Å². The number of para-hydroxylation sites is 1. The van der Waals surface area contributed by atoms with Gasteiger partial charge in [-0.1, -0.05) is 25.1 Å². The smallest absolute Gasteiger partial charge is 0.339 e. The van der Waals surface area contributed by atoms with Crippen LogP contribution in [0.1, 0.15) is 41.9 Å². The molecule has 0 radical (unpaired) electrons. The Hall–Kier alpha value is -2.47. The van der Waals surface area contributed by atoms with Crippen LogP contribution in [0.15, 0.2) is 24.3 Å². The summed E-state index contributed by atoms with van der Waals surface area (Å²) < 4.78 is 10.4. The van der Waals surface area contributed by atoms with E-state index in [1.807, 2.05) is 24.3 Å². The highest BCUT2D eigenvalue weighted by Crippen LogP contribution is 2.32. The number of rotatable bonds is 6. The molecule has 0 fully saturated rings. The highest BCUT2D eigenvalue weighted by Gasteiger charge is 2.28. The molecule has 0 bridgehead atoms. The van der Waals surface area contributed by atoms with E-state index in [2.05, 4.69) is 12.2 Å². The fraction of sp³-hybridized carbons (Fsp3) is 0.476. The molecule has 1 N–H and O–H groups in total. The maximum Gasteiger partial charge on any atom is 0.339 e. The number of carbonyl (C=O) groups excluding carboxylic acids is 2. The monoisotopic (exact) mass is 370 g/mol. The largest absolute Gasteiger partial charge is 0.449 e. The van der Waals surface area contributed by atoms with Gasteiger partial charge in [0.05, 0.1) is 17.7 Å². The molecule has 0 saturated carbocycles. The quantitative estimate of drug-likeness (QED) is 0.625. The molecule has 27 heavy (non-hydrogen) atoms. The maximum absolute atomic E-state index is 13.0. The molecule has 3 rings (SSSR count). The van der Waals surface area contributed by atoms with Crippen molar-refractivity contribution in [2.75, 3.05) is 20.3 Å². The van der Waals surface area contributed by atoms with Gasteiger partial charge in [0.1, 0.15) is 0 Å². The normalized spacial score (nSPS) is 17.2. The first kappa shape index (κ1) is 19.3. The Kier molecular flexibility index (Phi) is 6.06. The van der Waals surface area contributed by atoms with Gasteiger partial charge < -0.3 is 14.8 Å². The van der Waals surface area contributed by atoms with E-state index >= 15 is 0 Å². The van der Waals surface area contributed by atoms with E-state index in [0.29, 0.717) is 24.6 Å². The molecule has 0 saturated heterocycles. The van der Waals surface area contributed by atoms with Crippen LogP contribution >= 0.6 is 0 Å². The zero-order chi connectivity index (χ0) is 19.4. The minimum absolute atomic E-state index is 0.332. The summed E-state index contributed by atoms with van der Waals surface area (Å²) in [5.41, 5.74) is 3.27. The van der Waals surface area contributed by atoms with E-state index in [4.69, 9.17) is 14.5 Å². The van der Waals surface area contributed by atoms with Gasteiger partial charge in [-0.3, -0.25) is 9.78 Å². The topological polar surface area (TPSA) is 77.5 Å². The predicted molar refractivity (Wildman–Crippen MR) is 103 cm³/mol. The Morgan fingerprint density at radius 2 is 2.11 bits per heavy atom. The molecule has 2 aromatic rings. The minimum Gasteiger partial charge on any atom is -0.449 e. The first-order chi connectivity index (χ1) is 13.0. The van der Waals surface area contributed by atoms with Crippen LogP contribution in [0.2, 0.25) is 0 Å². The number of amides is 1. The Bertz CT molecular complexity index is 849. The summed E-state index contributed by atoms with van der Waals surface area (Å²) >= 11 is 0. The highest BCUT2D eigenvalue weighted by atomic mass is 16.5. The van der Waals surface area contributed by atoms with Crippen LogP contribution in [0.5, 0.6) is 0 Å². The summed E-state index contributed by atoms with van der Waals surface area (Å²) in [6.45, 7) is 4.55. The van der Waals surface area contributed by atoms with Gasteiger partial charge in [0.2, 0.25) is 0 Å². The van der Waals surface area contributed by atoms with E-state index in [9.17, 15) is 9.59 Å². The number of benzene rings is 1. The van der Waals surface area contributed by atoms with Crippen LogP contribution < -0.4 is 5.32 Å². The fourth-order valence-corrected chi connectivity index (χ4v) is 3.49. The molecule has 1 heterocycles.